The molecule has 1 saturated heterocycles. The summed E-state index contributed by atoms with van der Waals surface area (Å²) in [6.07, 6.45) is 2.35. The molecule has 3 aromatic carbocycles. The van der Waals surface area contributed by atoms with Crippen molar-refractivity contribution in [2.24, 2.45) is 5.92 Å². The van der Waals surface area contributed by atoms with Gasteiger partial charge in [-0.1, -0.05) is 38.1 Å². The highest BCUT2D eigenvalue weighted by molar-refractivity contribution is 5.92. The Morgan fingerprint density at radius 1 is 0.850 bits per heavy atom. The molecule has 0 spiro atoms. The first kappa shape index (κ1) is 29.3. The van der Waals surface area contributed by atoms with Crippen LogP contribution in [0.4, 0.5) is 18.9 Å². The van der Waals surface area contributed by atoms with E-state index in [1.165, 1.54) is 30.3 Å². The monoisotopic (exact) mass is 551 g/mol. The molecule has 1 aliphatic heterocycles. The van der Waals surface area contributed by atoms with Crippen LogP contribution < -0.4 is 10.6 Å². The first-order valence-electron chi connectivity index (χ1n) is 13.8. The number of hydrogen-bond acceptors (Lipinski definition) is 3. The van der Waals surface area contributed by atoms with Gasteiger partial charge in [0.25, 0.3) is 0 Å². The van der Waals surface area contributed by atoms with Crippen molar-refractivity contribution >= 4 is 17.5 Å². The molecule has 1 heterocycles. The molecule has 4 rings (SSSR count). The molecular weight excluding hydrogens is 515 g/mol. The minimum absolute atomic E-state index is 0.0824. The van der Waals surface area contributed by atoms with E-state index >= 15 is 0 Å². The zero-order chi connectivity index (χ0) is 28.6. The molecule has 0 bridgehead atoms. The number of piperidine rings is 1. The van der Waals surface area contributed by atoms with Gasteiger partial charge in [0.2, 0.25) is 11.8 Å². The van der Waals surface area contributed by atoms with Crippen LogP contribution in [0.1, 0.15) is 61.6 Å². The maximum atomic E-state index is 14.6. The topological polar surface area (TPSA) is 61.4 Å². The SMILES string of the molecule is CC(C)C(=O)Nc1ccc(F)c(C2CCN(CCCNC(=O)C(c3ccc(F)cc3)c3ccc(F)cc3)CC2)c1. The normalized spacial score (nSPS) is 14.5. The van der Waals surface area contributed by atoms with E-state index in [0.717, 1.165) is 38.9 Å². The molecule has 0 unspecified atom stereocenters. The van der Waals surface area contributed by atoms with Crippen LogP contribution in [0.15, 0.2) is 66.7 Å². The number of nitrogens with one attached hydrogen (secondary N) is 2. The van der Waals surface area contributed by atoms with Gasteiger partial charge in [-0.3, -0.25) is 9.59 Å². The first-order chi connectivity index (χ1) is 19.2. The highest BCUT2D eigenvalue weighted by Gasteiger charge is 2.25. The van der Waals surface area contributed by atoms with Crippen molar-refractivity contribution in [3.05, 3.63) is 101 Å². The van der Waals surface area contributed by atoms with Gasteiger partial charge in [-0.2, -0.15) is 0 Å². The molecule has 2 N–H and O–H groups in total. The summed E-state index contributed by atoms with van der Waals surface area (Å²) in [6.45, 7) is 6.51. The Balaban J connectivity index is 1.27. The number of nitrogens with zero attached hydrogens (tertiary/aromatic N) is 1. The zero-order valence-corrected chi connectivity index (χ0v) is 22.9. The molecule has 2 amide bonds. The maximum Gasteiger partial charge on any atom is 0.232 e. The molecule has 0 radical (unpaired) electrons. The summed E-state index contributed by atoms with van der Waals surface area (Å²) < 4.78 is 41.6. The molecule has 0 aromatic heterocycles. The van der Waals surface area contributed by atoms with Crippen molar-refractivity contribution in [2.75, 3.05) is 31.5 Å². The average Bonchev–Trinajstić information content (AvgIpc) is 2.94. The summed E-state index contributed by atoms with van der Waals surface area (Å²) in [6, 6.07) is 16.3. The van der Waals surface area contributed by atoms with Gasteiger partial charge in [-0.15, -0.1) is 0 Å². The van der Waals surface area contributed by atoms with E-state index in [0.29, 0.717) is 28.9 Å². The van der Waals surface area contributed by atoms with E-state index in [2.05, 4.69) is 15.5 Å². The maximum absolute atomic E-state index is 14.6. The average molecular weight is 552 g/mol. The predicted molar refractivity (Wildman–Crippen MR) is 151 cm³/mol. The van der Waals surface area contributed by atoms with Crippen LogP contribution in [0.2, 0.25) is 0 Å². The van der Waals surface area contributed by atoms with Crippen molar-refractivity contribution in [3.8, 4) is 0 Å². The summed E-state index contributed by atoms with van der Waals surface area (Å²) in [5.74, 6) is -2.10. The number of rotatable bonds is 10. The lowest BCUT2D eigenvalue weighted by molar-refractivity contribution is -0.121. The third kappa shape index (κ3) is 7.72. The van der Waals surface area contributed by atoms with Crippen molar-refractivity contribution in [1.29, 1.82) is 0 Å². The number of hydrogen-bond donors (Lipinski definition) is 2. The van der Waals surface area contributed by atoms with Gasteiger partial charge in [-0.25, -0.2) is 13.2 Å². The second-order valence-corrected chi connectivity index (χ2v) is 10.7. The number of anilines is 1. The number of benzene rings is 3. The Morgan fingerprint density at radius 2 is 1.43 bits per heavy atom. The van der Waals surface area contributed by atoms with Gasteiger partial charge in [0.1, 0.15) is 17.5 Å². The Morgan fingerprint density at radius 3 is 1.98 bits per heavy atom. The van der Waals surface area contributed by atoms with E-state index in [1.54, 1.807) is 36.4 Å². The third-order valence-electron chi connectivity index (χ3n) is 7.43. The molecule has 0 aliphatic carbocycles. The summed E-state index contributed by atoms with van der Waals surface area (Å²) in [7, 11) is 0. The summed E-state index contributed by atoms with van der Waals surface area (Å²) in [5, 5.41) is 5.83. The number of likely N-dealkylation sites (tertiary alicyclic amines) is 1. The first-order valence-corrected chi connectivity index (χ1v) is 13.8. The van der Waals surface area contributed by atoms with Crippen LogP contribution in [-0.2, 0) is 9.59 Å². The van der Waals surface area contributed by atoms with Crippen molar-refractivity contribution in [3.63, 3.8) is 0 Å². The van der Waals surface area contributed by atoms with Crippen molar-refractivity contribution in [2.45, 2.75) is 44.9 Å². The highest BCUT2D eigenvalue weighted by atomic mass is 19.1. The number of amides is 2. The second-order valence-electron chi connectivity index (χ2n) is 10.7. The van der Waals surface area contributed by atoms with Gasteiger partial charge in [0.15, 0.2) is 0 Å². The molecule has 1 fully saturated rings. The number of halogens is 3. The quantitative estimate of drug-likeness (QED) is 0.294. The fourth-order valence-electron chi connectivity index (χ4n) is 5.11. The smallest absolute Gasteiger partial charge is 0.232 e. The van der Waals surface area contributed by atoms with Gasteiger partial charge in [0.05, 0.1) is 5.92 Å². The van der Waals surface area contributed by atoms with Gasteiger partial charge in [-0.05, 0) is 104 Å². The van der Waals surface area contributed by atoms with E-state index in [1.807, 2.05) is 13.8 Å². The molecule has 0 atom stereocenters. The lowest BCUT2D eigenvalue weighted by atomic mass is 9.88. The molecule has 40 heavy (non-hydrogen) atoms. The zero-order valence-electron chi connectivity index (χ0n) is 22.9. The summed E-state index contributed by atoms with van der Waals surface area (Å²) >= 11 is 0. The van der Waals surface area contributed by atoms with Crippen molar-refractivity contribution in [1.82, 2.24) is 10.2 Å². The van der Waals surface area contributed by atoms with Gasteiger partial charge in [0, 0.05) is 18.2 Å². The fourth-order valence-corrected chi connectivity index (χ4v) is 5.11. The molecule has 0 saturated carbocycles. The molecule has 212 valence electrons. The van der Waals surface area contributed by atoms with Crippen LogP contribution in [0.5, 0.6) is 0 Å². The summed E-state index contributed by atoms with van der Waals surface area (Å²) in [5.41, 5.74) is 2.52. The standard InChI is InChI=1S/C32H36F3N3O2/c1-21(2)31(39)37-27-12-13-29(35)28(20-27)22-14-18-38(19-15-22)17-3-16-36-32(40)30(23-4-8-25(33)9-5-23)24-6-10-26(34)11-7-24/h4-13,20-22,30H,3,14-19H2,1-2H3,(H,36,40)(H,37,39). The van der Waals surface area contributed by atoms with Crippen LogP contribution in [0.25, 0.3) is 0 Å². The molecule has 8 heteroatoms. The van der Waals surface area contributed by atoms with Gasteiger partial charge < -0.3 is 15.5 Å². The molecule has 5 nitrogen and oxygen atoms in total. The number of carbonyl (C=O) groups is 2. The molecule has 1 aliphatic rings. The Kier molecular flexibility index (Phi) is 9.98. The minimum Gasteiger partial charge on any atom is -0.355 e. The Hall–Kier alpha value is -3.65. The van der Waals surface area contributed by atoms with Crippen LogP contribution in [0, 0.1) is 23.4 Å². The Labute approximate surface area is 233 Å². The molecule has 3 aromatic rings. The lowest BCUT2D eigenvalue weighted by Crippen LogP contribution is -2.36. The van der Waals surface area contributed by atoms with E-state index in [-0.39, 0.29) is 41.1 Å². The van der Waals surface area contributed by atoms with Crippen molar-refractivity contribution < 1.29 is 22.8 Å². The second kappa shape index (κ2) is 13.6. The summed E-state index contributed by atoms with van der Waals surface area (Å²) in [4.78, 5) is 27.5. The predicted octanol–water partition coefficient (Wildman–Crippen LogP) is 6.22. The van der Waals surface area contributed by atoms with E-state index in [4.69, 9.17) is 0 Å². The largest absolute Gasteiger partial charge is 0.355 e. The Bertz CT molecular complexity index is 1240. The van der Waals surface area contributed by atoms with E-state index in [9.17, 15) is 22.8 Å². The molecular formula is C32H36F3N3O2. The van der Waals surface area contributed by atoms with Crippen LogP contribution in [-0.4, -0.2) is 42.9 Å². The van der Waals surface area contributed by atoms with Crippen LogP contribution >= 0.6 is 0 Å². The van der Waals surface area contributed by atoms with Gasteiger partial charge >= 0.3 is 0 Å². The minimum atomic E-state index is -0.673. The highest BCUT2D eigenvalue weighted by Crippen LogP contribution is 2.32. The fraction of sp³-hybridized carbons (Fsp3) is 0.375. The van der Waals surface area contributed by atoms with E-state index < -0.39 is 5.92 Å². The lowest BCUT2D eigenvalue weighted by Gasteiger charge is -2.32. The van der Waals surface area contributed by atoms with Crippen LogP contribution in [0.3, 0.4) is 0 Å². The third-order valence-corrected chi connectivity index (χ3v) is 7.43. The number of carbonyl (C=O) groups excluding carboxylic acids is 2.